The predicted octanol–water partition coefficient (Wildman–Crippen LogP) is 4.70. The van der Waals surface area contributed by atoms with Gasteiger partial charge in [0.2, 0.25) is 5.88 Å². The molecule has 2 aliphatic rings. The minimum atomic E-state index is 0.677. The maximum Gasteiger partial charge on any atom is 0.206 e. The van der Waals surface area contributed by atoms with Crippen molar-refractivity contribution >= 4 is 12.2 Å². The Bertz CT molecular complexity index is 917. The molecule has 0 spiro atoms. The van der Waals surface area contributed by atoms with Gasteiger partial charge in [-0.3, -0.25) is 9.13 Å². The lowest BCUT2D eigenvalue weighted by Crippen LogP contribution is -1.97. The van der Waals surface area contributed by atoms with Gasteiger partial charge in [0.25, 0.3) is 0 Å². The van der Waals surface area contributed by atoms with Gasteiger partial charge in [-0.25, -0.2) is 0 Å². The Morgan fingerprint density at radius 2 is 1.57 bits per heavy atom. The molecule has 0 N–H and O–H groups in total. The van der Waals surface area contributed by atoms with E-state index in [1.54, 1.807) is 0 Å². The van der Waals surface area contributed by atoms with Gasteiger partial charge in [0.1, 0.15) is 5.76 Å². The summed E-state index contributed by atoms with van der Waals surface area (Å²) in [7, 11) is 0. The van der Waals surface area contributed by atoms with Crippen LogP contribution in [-0.2, 0) is 0 Å². The lowest BCUT2D eigenvalue weighted by molar-refractivity contribution is 0.534. The third kappa shape index (κ3) is 2.00. The fourth-order valence-electron chi connectivity index (χ4n) is 2.42. The number of aromatic nitrogens is 2. The first-order valence-electron chi connectivity index (χ1n) is 6.67. The number of nitrogens with zero attached hydrogens (tertiary/aromatic N) is 2. The number of para-hydroxylation sites is 1. The minimum absolute atomic E-state index is 0.677. The average molecular weight is 292 g/mol. The minimum Gasteiger partial charge on any atom is -0.440 e. The summed E-state index contributed by atoms with van der Waals surface area (Å²) in [5, 5.41) is 0. The van der Waals surface area contributed by atoms with Crippen molar-refractivity contribution < 1.29 is 4.42 Å². The lowest BCUT2D eigenvalue weighted by Gasteiger charge is -2.06. The monoisotopic (exact) mass is 292 g/mol. The predicted molar refractivity (Wildman–Crippen MR) is 84.8 cm³/mol. The second-order valence-electron chi connectivity index (χ2n) is 4.78. The molecule has 0 radical (unpaired) electrons. The molecule has 21 heavy (non-hydrogen) atoms. The summed E-state index contributed by atoms with van der Waals surface area (Å²) in [6, 6.07) is 20.0. The van der Waals surface area contributed by atoms with Crippen LogP contribution in [-0.4, -0.2) is 9.13 Å². The maximum absolute atomic E-state index is 5.90. The van der Waals surface area contributed by atoms with Crippen molar-refractivity contribution in [1.82, 2.24) is 9.13 Å². The van der Waals surface area contributed by atoms with Crippen molar-refractivity contribution in [2.24, 2.45) is 0 Å². The molecule has 1 aliphatic carbocycles. The van der Waals surface area contributed by atoms with Crippen LogP contribution in [0.15, 0.2) is 77.5 Å². The summed E-state index contributed by atoms with van der Waals surface area (Å²) in [6.45, 7) is 0. The molecule has 2 aromatic rings. The molecule has 0 saturated heterocycles. The molecule has 1 aromatic heterocycles. The Kier molecular flexibility index (Phi) is 2.75. The van der Waals surface area contributed by atoms with E-state index < -0.39 is 0 Å². The largest absolute Gasteiger partial charge is 0.440 e. The lowest BCUT2D eigenvalue weighted by atomic mass is 10.2. The Hall–Kier alpha value is -2.59. The van der Waals surface area contributed by atoms with Gasteiger partial charge in [-0.1, -0.05) is 30.3 Å². The normalized spacial score (nSPS) is 11.0. The molecule has 0 amide bonds. The maximum atomic E-state index is 5.90. The van der Waals surface area contributed by atoms with Gasteiger partial charge in [0.15, 0.2) is 4.77 Å². The third-order valence-electron chi connectivity index (χ3n) is 3.48. The SMILES string of the molecule is S=c1n(-c2ccccc2)ccn1-c1ccc2cccc-2o1. The zero-order valence-electron chi connectivity index (χ0n) is 11.1. The van der Waals surface area contributed by atoms with Crippen molar-refractivity contribution in [3.63, 3.8) is 0 Å². The number of benzene rings is 1. The Morgan fingerprint density at radius 1 is 0.762 bits per heavy atom. The van der Waals surface area contributed by atoms with Gasteiger partial charge in [-0.05, 0) is 36.5 Å². The first-order valence-corrected chi connectivity index (χ1v) is 7.08. The number of hydrogen-bond acceptors (Lipinski definition) is 2. The van der Waals surface area contributed by atoms with E-state index in [0.29, 0.717) is 10.7 Å². The van der Waals surface area contributed by atoms with Crippen LogP contribution in [0.5, 0.6) is 0 Å². The first kappa shape index (κ1) is 12.2. The van der Waals surface area contributed by atoms with Gasteiger partial charge in [-0.2, -0.15) is 0 Å². The first-order chi connectivity index (χ1) is 10.3. The number of fused-ring (bicyclic) bond motifs is 1. The molecule has 4 rings (SSSR count). The highest BCUT2D eigenvalue weighted by atomic mass is 32.1. The van der Waals surface area contributed by atoms with Crippen LogP contribution in [0.25, 0.3) is 22.9 Å². The van der Waals surface area contributed by atoms with Crippen LogP contribution < -0.4 is 0 Å². The number of imidazole rings is 1. The topological polar surface area (TPSA) is 23.0 Å². The molecular weight excluding hydrogens is 280 g/mol. The Labute approximate surface area is 127 Å². The van der Waals surface area contributed by atoms with Crippen LogP contribution in [0.3, 0.4) is 0 Å². The molecule has 0 atom stereocenters. The molecule has 102 valence electrons. The molecule has 1 aromatic carbocycles. The van der Waals surface area contributed by atoms with Crippen LogP contribution in [0.4, 0.5) is 0 Å². The Balaban J connectivity index is 1.86. The van der Waals surface area contributed by atoms with E-state index in [1.165, 1.54) is 0 Å². The Morgan fingerprint density at radius 3 is 2.43 bits per heavy atom. The van der Waals surface area contributed by atoms with Crippen molar-refractivity contribution in [2.45, 2.75) is 0 Å². The molecule has 0 saturated carbocycles. The summed E-state index contributed by atoms with van der Waals surface area (Å²) < 4.78 is 10.4. The quantitative estimate of drug-likeness (QED) is 0.500. The van der Waals surface area contributed by atoms with Crippen LogP contribution in [0.2, 0.25) is 0 Å². The summed E-state index contributed by atoms with van der Waals surface area (Å²) in [6.07, 6.45) is 3.87. The summed E-state index contributed by atoms with van der Waals surface area (Å²) in [4.78, 5) is 0. The summed E-state index contributed by atoms with van der Waals surface area (Å²) in [5.41, 5.74) is 2.13. The molecule has 0 bridgehead atoms. The molecule has 0 unspecified atom stereocenters. The average Bonchev–Trinajstić information content (AvgIpc) is 3.13. The second kappa shape index (κ2) is 4.75. The third-order valence-corrected chi connectivity index (χ3v) is 3.87. The van der Waals surface area contributed by atoms with Crippen molar-refractivity contribution in [2.75, 3.05) is 0 Å². The molecule has 2 heterocycles. The zero-order valence-corrected chi connectivity index (χ0v) is 12.0. The number of hydrogen-bond donors (Lipinski definition) is 0. The van der Waals surface area contributed by atoms with Crippen molar-refractivity contribution in [3.05, 3.63) is 77.8 Å². The van der Waals surface area contributed by atoms with Gasteiger partial charge in [0.05, 0.1) is 0 Å². The fraction of sp³-hybridized carbons (Fsp3) is 0. The van der Waals surface area contributed by atoms with Gasteiger partial charge >= 0.3 is 0 Å². The van der Waals surface area contributed by atoms with E-state index in [9.17, 15) is 0 Å². The van der Waals surface area contributed by atoms with Crippen molar-refractivity contribution in [1.29, 1.82) is 0 Å². The van der Waals surface area contributed by atoms with Gasteiger partial charge in [-0.15, -0.1) is 0 Å². The number of rotatable bonds is 2. The van der Waals surface area contributed by atoms with E-state index >= 15 is 0 Å². The summed E-state index contributed by atoms with van der Waals surface area (Å²) >= 11 is 5.56. The second-order valence-corrected chi connectivity index (χ2v) is 5.14. The van der Waals surface area contributed by atoms with Crippen molar-refractivity contribution in [3.8, 4) is 22.9 Å². The fourth-order valence-corrected chi connectivity index (χ4v) is 2.73. The molecule has 0 fully saturated rings. The van der Waals surface area contributed by atoms with Gasteiger partial charge < -0.3 is 4.42 Å². The van der Waals surface area contributed by atoms with E-state index in [2.05, 4.69) is 0 Å². The van der Waals surface area contributed by atoms with E-state index in [4.69, 9.17) is 16.6 Å². The van der Waals surface area contributed by atoms with E-state index in [1.807, 2.05) is 82.2 Å². The van der Waals surface area contributed by atoms with Crippen LogP contribution >= 0.6 is 12.2 Å². The molecular formula is C17H12N2OS. The highest BCUT2D eigenvalue weighted by molar-refractivity contribution is 7.71. The highest BCUT2D eigenvalue weighted by Crippen LogP contribution is 2.26. The van der Waals surface area contributed by atoms with Crippen LogP contribution in [0, 0.1) is 4.77 Å². The highest BCUT2D eigenvalue weighted by Gasteiger charge is 2.09. The van der Waals surface area contributed by atoms with Crippen LogP contribution in [0.1, 0.15) is 0 Å². The van der Waals surface area contributed by atoms with E-state index in [0.717, 1.165) is 17.0 Å². The van der Waals surface area contributed by atoms with Gasteiger partial charge in [0, 0.05) is 29.7 Å². The van der Waals surface area contributed by atoms with E-state index in [-0.39, 0.29) is 0 Å². The zero-order chi connectivity index (χ0) is 14.2. The smallest absolute Gasteiger partial charge is 0.206 e. The standard InChI is InChI=1S/C17H12N2OS/c21-17-18(14-6-2-1-3-7-14)11-12-19(17)16-10-9-13-5-4-8-15(13)20-16/h1-12H. The molecule has 1 aliphatic heterocycles. The molecule has 3 nitrogen and oxygen atoms in total. The summed E-state index contributed by atoms with van der Waals surface area (Å²) in [5.74, 6) is 1.58. The molecule has 4 heteroatoms.